The Labute approximate surface area is 208 Å². The van der Waals surface area contributed by atoms with Gasteiger partial charge in [0.1, 0.15) is 11.3 Å². The first-order valence-corrected chi connectivity index (χ1v) is 13.4. The van der Waals surface area contributed by atoms with E-state index in [1.807, 2.05) is 23.2 Å². The number of anilines is 1. The number of aryl methyl sites for hydroxylation is 1. The van der Waals surface area contributed by atoms with Crippen LogP contribution in [0.2, 0.25) is 0 Å². The quantitative estimate of drug-likeness (QED) is 0.547. The van der Waals surface area contributed by atoms with Gasteiger partial charge in [0.25, 0.3) is 0 Å². The van der Waals surface area contributed by atoms with Gasteiger partial charge in [-0.1, -0.05) is 38.3 Å². The largest absolute Gasteiger partial charge is 0.368 e. The highest BCUT2D eigenvalue weighted by molar-refractivity contribution is 5.89. The molecule has 1 saturated heterocycles. The molecule has 7 heteroatoms. The van der Waals surface area contributed by atoms with E-state index in [4.69, 9.17) is 4.98 Å². The molecule has 0 spiro atoms. The number of aromatic nitrogens is 3. The first-order chi connectivity index (χ1) is 17.2. The van der Waals surface area contributed by atoms with Crippen LogP contribution in [0.1, 0.15) is 63.4 Å². The molecule has 0 unspecified atom stereocenters. The Balaban J connectivity index is 1.34. The van der Waals surface area contributed by atoms with E-state index in [0.717, 1.165) is 87.4 Å². The number of imidazole rings is 1. The average Bonchev–Trinajstić information content (AvgIpc) is 3.06. The van der Waals surface area contributed by atoms with Crippen molar-refractivity contribution in [2.75, 3.05) is 31.1 Å². The molecule has 0 atom stereocenters. The Morgan fingerprint density at radius 2 is 1.89 bits per heavy atom. The molecule has 5 rings (SSSR count). The summed E-state index contributed by atoms with van der Waals surface area (Å²) in [5, 5.41) is 3.30. The zero-order valence-electron chi connectivity index (χ0n) is 21.0. The number of benzene rings is 1. The topological polar surface area (TPSA) is 66.3 Å². The lowest BCUT2D eigenvalue weighted by molar-refractivity contribution is 0.193. The molecule has 7 nitrogen and oxygen atoms in total. The normalized spacial score (nSPS) is 17.5. The van der Waals surface area contributed by atoms with Gasteiger partial charge >= 0.3 is 6.03 Å². The van der Waals surface area contributed by atoms with Crippen molar-refractivity contribution >= 4 is 22.8 Å². The van der Waals surface area contributed by atoms with Crippen LogP contribution in [0.5, 0.6) is 0 Å². The number of hydrogen-bond acceptors (Lipinski definition) is 4. The molecule has 3 heterocycles. The van der Waals surface area contributed by atoms with Gasteiger partial charge in [0.2, 0.25) is 0 Å². The minimum Gasteiger partial charge on any atom is -0.368 e. The number of pyridine rings is 1. The molecule has 186 valence electrons. The van der Waals surface area contributed by atoms with Gasteiger partial charge in [-0.25, -0.2) is 9.78 Å². The standard InChI is InChI=1S/C28H38N6O/c1-2-10-26-31-27-24(14-8-15-25(27)34(26)21-23-13-6-7-16-29-23)32-17-9-18-33(20-19-32)28(35)30-22-11-4-3-5-12-22/h6-8,13-16,22H,2-5,9-12,17-21H2,1H3,(H,30,35). The molecule has 2 fully saturated rings. The van der Waals surface area contributed by atoms with Crippen LogP contribution >= 0.6 is 0 Å². The lowest BCUT2D eigenvalue weighted by Gasteiger charge is -2.28. The van der Waals surface area contributed by atoms with E-state index in [2.05, 4.69) is 51.0 Å². The third-order valence-corrected chi connectivity index (χ3v) is 7.41. The van der Waals surface area contributed by atoms with Crippen LogP contribution in [0.4, 0.5) is 10.5 Å². The van der Waals surface area contributed by atoms with Crippen LogP contribution < -0.4 is 10.2 Å². The third kappa shape index (κ3) is 5.44. The van der Waals surface area contributed by atoms with E-state index in [9.17, 15) is 4.79 Å². The average molecular weight is 475 g/mol. The van der Waals surface area contributed by atoms with Gasteiger partial charge in [0.15, 0.2) is 0 Å². The molecule has 2 amide bonds. The predicted molar refractivity (Wildman–Crippen MR) is 141 cm³/mol. The number of urea groups is 1. The highest BCUT2D eigenvalue weighted by Crippen LogP contribution is 2.29. The minimum absolute atomic E-state index is 0.113. The molecule has 1 aliphatic carbocycles. The van der Waals surface area contributed by atoms with E-state index in [1.54, 1.807) is 0 Å². The van der Waals surface area contributed by atoms with Crippen molar-refractivity contribution in [2.45, 2.75) is 70.9 Å². The van der Waals surface area contributed by atoms with Crippen molar-refractivity contribution in [3.05, 3.63) is 54.1 Å². The Hall–Kier alpha value is -3.09. The molecule has 0 radical (unpaired) electrons. The van der Waals surface area contributed by atoms with Gasteiger partial charge in [-0.15, -0.1) is 0 Å². The maximum absolute atomic E-state index is 12.9. The molecule has 2 aliphatic rings. The summed E-state index contributed by atoms with van der Waals surface area (Å²) in [7, 11) is 0. The number of amides is 2. The van der Waals surface area contributed by atoms with Gasteiger partial charge in [-0.05, 0) is 49.9 Å². The van der Waals surface area contributed by atoms with Gasteiger partial charge in [0.05, 0.1) is 23.4 Å². The molecule has 1 N–H and O–H groups in total. The molecule has 0 bridgehead atoms. The van der Waals surface area contributed by atoms with Crippen molar-refractivity contribution in [3.63, 3.8) is 0 Å². The number of fused-ring (bicyclic) bond motifs is 1. The SMILES string of the molecule is CCCc1nc2c(N3CCCN(C(=O)NC4CCCCC4)CC3)cccc2n1Cc1ccccn1. The van der Waals surface area contributed by atoms with Crippen LogP contribution in [-0.4, -0.2) is 57.7 Å². The lowest BCUT2D eigenvalue weighted by Crippen LogP contribution is -2.46. The number of rotatable bonds is 6. The Morgan fingerprint density at radius 3 is 2.69 bits per heavy atom. The van der Waals surface area contributed by atoms with E-state index < -0.39 is 0 Å². The third-order valence-electron chi connectivity index (χ3n) is 7.41. The monoisotopic (exact) mass is 474 g/mol. The number of para-hydroxylation sites is 1. The zero-order chi connectivity index (χ0) is 24.0. The summed E-state index contributed by atoms with van der Waals surface area (Å²) >= 11 is 0. The first kappa shape index (κ1) is 23.6. The second-order valence-corrected chi connectivity index (χ2v) is 9.94. The summed E-state index contributed by atoms with van der Waals surface area (Å²) < 4.78 is 2.33. The molecule has 2 aromatic heterocycles. The summed E-state index contributed by atoms with van der Waals surface area (Å²) in [6, 6.07) is 13.0. The molecule has 3 aromatic rings. The molecule has 35 heavy (non-hydrogen) atoms. The van der Waals surface area contributed by atoms with Crippen molar-refractivity contribution in [3.8, 4) is 0 Å². The fraction of sp³-hybridized carbons (Fsp3) is 0.536. The summed E-state index contributed by atoms with van der Waals surface area (Å²) in [5.74, 6) is 1.11. The molecule has 1 aliphatic heterocycles. The number of nitrogens with one attached hydrogen (secondary N) is 1. The van der Waals surface area contributed by atoms with E-state index in [1.165, 1.54) is 24.9 Å². The van der Waals surface area contributed by atoms with Crippen LogP contribution in [0.25, 0.3) is 11.0 Å². The van der Waals surface area contributed by atoms with Gasteiger partial charge in [0, 0.05) is 44.8 Å². The number of carbonyl (C=O) groups excluding carboxylic acids is 1. The smallest absolute Gasteiger partial charge is 0.317 e. The second kappa shape index (κ2) is 11.1. The lowest BCUT2D eigenvalue weighted by atomic mass is 9.96. The van der Waals surface area contributed by atoms with Crippen LogP contribution in [-0.2, 0) is 13.0 Å². The summed E-state index contributed by atoms with van der Waals surface area (Å²) in [6.07, 6.45) is 10.8. The maximum Gasteiger partial charge on any atom is 0.317 e. The number of hydrogen-bond donors (Lipinski definition) is 1. The summed E-state index contributed by atoms with van der Waals surface area (Å²) in [4.78, 5) is 27.1. The van der Waals surface area contributed by atoms with Crippen molar-refractivity contribution in [1.29, 1.82) is 0 Å². The van der Waals surface area contributed by atoms with Gasteiger partial charge < -0.3 is 19.7 Å². The number of nitrogens with zero attached hydrogens (tertiary/aromatic N) is 5. The fourth-order valence-electron chi connectivity index (χ4n) is 5.55. The summed E-state index contributed by atoms with van der Waals surface area (Å²) in [6.45, 7) is 6.24. The second-order valence-electron chi connectivity index (χ2n) is 9.94. The summed E-state index contributed by atoms with van der Waals surface area (Å²) in [5.41, 5.74) is 4.44. The first-order valence-electron chi connectivity index (χ1n) is 13.4. The van der Waals surface area contributed by atoms with Crippen LogP contribution in [0.15, 0.2) is 42.6 Å². The van der Waals surface area contributed by atoms with Gasteiger partial charge in [-0.3, -0.25) is 4.98 Å². The van der Waals surface area contributed by atoms with E-state index >= 15 is 0 Å². The van der Waals surface area contributed by atoms with Crippen LogP contribution in [0.3, 0.4) is 0 Å². The molecular weight excluding hydrogens is 436 g/mol. The minimum atomic E-state index is 0.113. The molecule has 1 saturated carbocycles. The highest BCUT2D eigenvalue weighted by Gasteiger charge is 2.24. The highest BCUT2D eigenvalue weighted by atomic mass is 16.2. The van der Waals surface area contributed by atoms with Gasteiger partial charge in [-0.2, -0.15) is 0 Å². The fourth-order valence-corrected chi connectivity index (χ4v) is 5.55. The van der Waals surface area contributed by atoms with Crippen molar-refractivity contribution in [1.82, 2.24) is 24.8 Å². The van der Waals surface area contributed by atoms with Crippen LogP contribution in [0, 0.1) is 0 Å². The molecular formula is C28H38N6O. The Bertz CT molecular complexity index is 1120. The predicted octanol–water partition coefficient (Wildman–Crippen LogP) is 4.99. The molecule has 1 aromatic carbocycles. The Morgan fingerprint density at radius 1 is 1.00 bits per heavy atom. The van der Waals surface area contributed by atoms with E-state index in [-0.39, 0.29) is 6.03 Å². The zero-order valence-corrected chi connectivity index (χ0v) is 21.0. The number of carbonyl (C=O) groups is 1. The Kier molecular flexibility index (Phi) is 7.50. The van der Waals surface area contributed by atoms with Crippen molar-refractivity contribution < 1.29 is 4.79 Å². The van der Waals surface area contributed by atoms with Crippen molar-refractivity contribution in [2.24, 2.45) is 0 Å². The maximum atomic E-state index is 12.9. The van der Waals surface area contributed by atoms with E-state index in [0.29, 0.717) is 6.04 Å².